The van der Waals surface area contributed by atoms with Gasteiger partial charge in [-0.1, -0.05) is 43.3 Å². The van der Waals surface area contributed by atoms with E-state index in [1.54, 1.807) is 22.1 Å². The number of fused-ring (bicyclic) bond motifs is 2. The van der Waals surface area contributed by atoms with E-state index in [2.05, 4.69) is 63.1 Å². The number of hydrogen-bond acceptors (Lipinski definition) is 6. The topological polar surface area (TPSA) is 3.24 Å². The summed E-state index contributed by atoms with van der Waals surface area (Å²) in [6.45, 7) is 16.3. The Balaban J connectivity index is 1.65. The standard InChI is InChI=1S/C26H37NP4S5/c1-29(2,32)16-28(17-30(3,4)33)21-15-23(36-26(21)31(5,6)34)22-14-19-13-18-9-7-11-27-12-8-10-20(24(18)27)25(19)35-22/h13-15H,7-12,16-17H2,1-6H3. The van der Waals surface area contributed by atoms with Crippen LogP contribution in [0.4, 0.5) is 5.69 Å². The molecule has 0 saturated carbocycles. The average Bonchev–Trinajstić information content (AvgIpc) is 3.36. The second-order valence-corrected chi connectivity index (χ2v) is 36.1. The Morgan fingerprint density at radius 2 is 1.44 bits per heavy atom. The molecule has 4 heterocycles. The summed E-state index contributed by atoms with van der Waals surface area (Å²) >= 11 is 22.2. The van der Waals surface area contributed by atoms with Gasteiger partial charge in [-0.25, -0.2) is 0 Å². The van der Waals surface area contributed by atoms with E-state index in [-0.39, 0.29) is 7.92 Å². The lowest BCUT2D eigenvalue weighted by molar-refractivity contribution is 0.637. The highest BCUT2D eigenvalue weighted by atomic mass is 32.5. The van der Waals surface area contributed by atoms with Crippen LogP contribution in [0.15, 0.2) is 18.2 Å². The van der Waals surface area contributed by atoms with E-state index in [1.165, 1.54) is 63.2 Å². The third-order valence-electron chi connectivity index (χ3n) is 6.79. The molecule has 2 aliphatic heterocycles. The first-order valence-electron chi connectivity index (χ1n) is 12.6. The van der Waals surface area contributed by atoms with Crippen LogP contribution in [0.25, 0.3) is 19.8 Å². The van der Waals surface area contributed by atoms with Gasteiger partial charge in [0.15, 0.2) is 0 Å². The third-order valence-corrected chi connectivity index (χ3v) is 24.5. The molecule has 0 fully saturated rings. The van der Waals surface area contributed by atoms with Crippen molar-refractivity contribution in [2.45, 2.75) is 25.7 Å². The van der Waals surface area contributed by atoms with Gasteiger partial charge in [0, 0.05) is 49.7 Å². The van der Waals surface area contributed by atoms with Crippen molar-refractivity contribution in [3.8, 4) is 9.75 Å². The number of anilines is 1. The number of aryl methyl sites for hydroxylation is 2. The number of thiophene rings is 2. The van der Waals surface area contributed by atoms with Crippen molar-refractivity contribution in [1.29, 1.82) is 0 Å². The Morgan fingerprint density at radius 3 is 2.06 bits per heavy atom. The molecule has 36 heavy (non-hydrogen) atoms. The number of benzene rings is 1. The van der Waals surface area contributed by atoms with Crippen LogP contribution in [0.1, 0.15) is 24.0 Å². The summed E-state index contributed by atoms with van der Waals surface area (Å²) in [4.78, 5) is 5.51. The molecule has 0 bridgehead atoms. The fourth-order valence-corrected chi connectivity index (χ4v) is 24.2. The molecule has 0 saturated heterocycles. The molecular weight excluding hydrogens is 611 g/mol. The normalized spacial score (nSPS) is 16.7. The first kappa shape index (κ1) is 28.6. The molecule has 1 aromatic carbocycles. The maximum absolute atomic E-state index is 6.20. The summed E-state index contributed by atoms with van der Waals surface area (Å²) in [5, 5.41) is 3.01. The van der Waals surface area contributed by atoms with Crippen molar-refractivity contribution in [3.05, 3.63) is 29.3 Å². The van der Waals surface area contributed by atoms with Gasteiger partial charge in [0.1, 0.15) is 0 Å². The Kier molecular flexibility index (Phi) is 8.31. The first-order chi connectivity index (χ1) is 16.7. The van der Waals surface area contributed by atoms with Crippen LogP contribution >= 0.6 is 48.7 Å². The maximum Gasteiger partial charge on any atom is 0.0456 e. The lowest BCUT2D eigenvalue weighted by atomic mass is 9.91. The molecule has 2 aromatic heterocycles. The SMILES string of the molecule is CP(C)(=S)CP(CP(C)(C)=S)c1cc(-c2cc3cc4c5c(c3s2)CCCN5CCC4)sc1P(C)(C)=S. The van der Waals surface area contributed by atoms with E-state index in [0.717, 1.165) is 11.8 Å². The summed E-state index contributed by atoms with van der Waals surface area (Å²) in [6.07, 6.45) is 5.02. The Morgan fingerprint density at radius 1 is 0.833 bits per heavy atom. The summed E-state index contributed by atoms with van der Waals surface area (Å²) in [5.74, 6) is 2.32. The molecule has 0 atom stereocenters. The molecule has 2 aliphatic rings. The fraction of sp³-hybridized carbons (Fsp3) is 0.538. The lowest BCUT2D eigenvalue weighted by Crippen LogP contribution is -2.34. The number of rotatable bonds is 7. The van der Waals surface area contributed by atoms with Gasteiger partial charge in [0.2, 0.25) is 0 Å². The van der Waals surface area contributed by atoms with Crippen molar-refractivity contribution in [3.63, 3.8) is 0 Å². The summed E-state index contributed by atoms with van der Waals surface area (Å²) in [7, 11) is -0.364. The monoisotopic (exact) mass is 647 g/mol. The molecule has 0 radical (unpaired) electrons. The van der Waals surface area contributed by atoms with Crippen molar-refractivity contribution in [1.82, 2.24) is 0 Å². The van der Waals surface area contributed by atoms with Gasteiger partial charge in [-0.2, -0.15) is 0 Å². The molecule has 3 aromatic rings. The zero-order valence-electron chi connectivity index (χ0n) is 22.2. The maximum atomic E-state index is 6.20. The van der Waals surface area contributed by atoms with E-state index >= 15 is 0 Å². The molecule has 5 rings (SSSR count). The van der Waals surface area contributed by atoms with Crippen LogP contribution in [-0.2, 0) is 48.3 Å². The fourth-order valence-electron chi connectivity index (χ4n) is 5.61. The molecular formula is C26H37NP4S5. The second kappa shape index (κ2) is 10.5. The smallest absolute Gasteiger partial charge is 0.0456 e. The van der Waals surface area contributed by atoms with Gasteiger partial charge in [0.25, 0.3) is 0 Å². The van der Waals surface area contributed by atoms with Crippen molar-refractivity contribution in [2.24, 2.45) is 0 Å². The summed E-state index contributed by atoms with van der Waals surface area (Å²) < 4.78 is 3.02. The molecule has 0 spiro atoms. The van der Waals surface area contributed by atoms with Crippen LogP contribution in [-0.4, -0.2) is 64.9 Å². The van der Waals surface area contributed by atoms with Crippen molar-refractivity contribution >= 4 is 110 Å². The molecule has 0 aliphatic carbocycles. The summed E-state index contributed by atoms with van der Waals surface area (Å²) in [5.41, 5.74) is 4.78. The van der Waals surface area contributed by atoms with Crippen molar-refractivity contribution in [2.75, 3.05) is 69.8 Å². The highest BCUT2D eigenvalue weighted by Gasteiger charge is 2.29. The first-order valence-corrected chi connectivity index (χ1v) is 27.4. The Bertz CT molecular complexity index is 1440. The molecule has 1 nitrogen and oxygen atoms in total. The van der Waals surface area contributed by atoms with Gasteiger partial charge in [0.05, 0.1) is 0 Å². The molecule has 196 valence electrons. The van der Waals surface area contributed by atoms with Gasteiger partial charge in [-0.15, -0.1) is 22.7 Å². The van der Waals surface area contributed by atoms with E-state index in [9.17, 15) is 0 Å². The minimum absolute atomic E-state index is 0.364. The van der Waals surface area contributed by atoms with Crippen LogP contribution in [0.3, 0.4) is 0 Å². The highest BCUT2D eigenvalue weighted by Crippen LogP contribution is 2.60. The zero-order chi connectivity index (χ0) is 26.0. The van der Waals surface area contributed by atoms with E-state index in [0.29, 0.717) is 0 Å². The van der Waals surface area contributed by atoms with Gasteiger partial charge < -0.3 is 4.90 Å². The molecule has 10 heteroatoms. The average molecular weight is 648 g/mol. The van der Waals surface area contributed by atoms with Crippen LogP contribution in [0.5, 0.6) is 0 Å². The van der Waals surface area contributed by atoms with E-state index < -0.39 is 18.1 Å². The van der Waals surface area contributed by atoms with Gasteiger partial charge in [-0.3, -0.25) is 0 Å². The van der Waals surface area contributed by atoms with Crippen LogP contribution in [0.2, 0.25) is 0 Å². The highest BCUT2D eigenvalue weighted by molar-refractivity contribution is 8.21. The van der Waals surface area contributed by atoms with Gasteiger partial charge >= 0.3 is 0 Å². The lowest BCUT2D eigenvalue weighted by Gasteiger charge is -2.37. The third kappa shape index (κ3) is 6.19. The summed E-state index contributed by atoms with van der Waals surface area (Å²) in [6, 6.07) is 3.26. The Hall–Kier alpha value is 1.06. The number of nitrogens with zero attached hydrogens (tertiary/aromatic N) is 1. The molecule has 0 amide bonds. The minimum atomic E-state index is -1.58. The van der Waals surface area contributed by atoms with Crippen molar-refractivity contribution < 1.29 is 0 Å². The largest absolute Gasteiger partial charge is 0.371 e. The number of hydrogen-bond donors (Lipinski definition) is 0. The predicted molar refractivity (Wildman–Crippen MR) is 188 cm³/mol. The van der Waals surface area contributed by atoms with E-state index in [4.69, 9.17) is 35.4 Å². The molecule has 0 N–H and O–H groups in total. The quantitative estimate of drug-likeness (QED) is 0.238. The Labute approximate surface area is 242 Å². The molecule has 0 unspecified atom stereocenters. The van der Waals surface area contributed by atoms with E-state index in [1.807, 2.05) is 22.7 Å². The second-order valence-electron chi connectivity index (χ2n) is 11.7. The minimum Gasteiger partial charge on any atom is -0.371 e. The predicted octanol–water partition coefficient (Wildman–Crippen LogP) is 8.19. The van der Waals surface area contributed by atoms with Crippen LogP contribution < -0.4 is 14.8 Å². The van der Waals surface area contributed by atoms with Crippen LogP contribution in [0, 0.1) is 0 Å². The zero-order valence-corrected chi connectivity index (χ0v) is 29.8. The van der Waals surface area contributed by atoms with Gasteiger partial charge in [-0.05, 0) is 124 Å².